The Morgan fingerprint density at radius 3 is 2.90 bits per heavy atom. The standard InChI is InChI=1S/C15H20BrN3O/c1-10-2-3-11(16)8-14(10)18-15(20)17-12-6-7-19(9-12)13-4-5-13/h2-3,8,12-13H,4-7,9H2,1H3,(H2,17,18,20)/t12-/m1/s1. The first-order valence-electron chi connectivity index (χ1n) is 7.19. The first-order valence-corrected chi connectivity index (χ1v) is 7.99. The lowest BCUT2D eigenvalue weighted by atomic mass is 10.2. The van der Waals surface area contributed by atoms with Crippen molar-refractivity contribution in [2.24, 2.45) is 0 Å². The third-order valence-corrected chi connectivity index (χ3v) is 4.56. The second-order valence-corrected chi connectivity index (χ2v) is 6.69. The molecule has 1 aromatic carbocycles. The predicted octanol–water partition coefficient (Wildman–Crippen LogP) is 3.12. The van der Waals surface area contributed by atoms with Gasteiger partial charge in [0.15, 0.2) is 0 Å². The number of amides is 2. The molecule has 1 aliphatic carbocycles. The summed E-state index contributed by atoms with van der Waals surface area (Å²) in [5.41, 5.74) is 1.92. The molecule has 1 aromatic rings. The molecular weight excluding hydrogens is 318 g/mol. The Hall–Kier alpha value is -1.07. The molecule has 1 atom stereocenters. The molecule has 2 fully saturated rings. The first kappa shape index (κ1) is 13.9. The van der Waals surface area contributed by atoms with Crippen molar-refractivity contribution >= 4 is 27.6 Å². The van der Waals surface area contributed by atoms with Crippen LogP contribution in [-0.2, 0) is 0 Å². The Bertz CT molecular complexity index is 516. The molecule has 1 heterocycles. The van der Waals surface area contributed by atoms with E-state index in [1.165, 1.54) is 12.8 Å². The molecule has 0 aromatic heterocycles. The lowest BCUT2D eigenvalue weighted by Gasteiger charge is -2.16. The Labute approximate surface area is 128 Å². The third kappa shape index (κ3) is 3.33. The van der Waals surface area contributed by atoms with Gasteiger partial charge in [-0.05, 0) is 43.9 Å². The van der Waals surface area contributed by atoms with E-state index < -0.39 is 0 Å². The molecule has 2 aliphatic rings. The van der Waals surface area contributed by atoms with Gasteiger partial charge in [-0.2, -0.15) is 0 Å². The van der Waals surface area contributed by atoms with Gasteiger partial charge in [0.1, 0.15) is 0 Å². The van der Waals surface area contributed by atoms with Gasteiger partial charge in [-0.3, -0.25) is 4.90 Å². The molecule has 0 unspecified atom stereocenters. The van der Waals surface area contributed by atoms with Gasteiger partial charge in [0, 0.05) is 35.3 Å². The van der Waals surface area contributed by atoms with Gasteiger partial charge in [0.25, 0.3) is 0 Å². The molecule has 1 saturated carbocycles. The summed E-state index contributed by atoms with van der Waals surface area (Å²) in [7, 11) is 0. The first-order chi connectivity index (χ1) is 9.61. The maximum atomic E-state index is 12.1. The second-order valence-electron chi connectivity index (χ2n) is 5.77. The van der Waals surface area contributed by atoms with Gasteiger partial charge in [-0.1, -0.05) is 22.0 Å². The molecule has 1 saturated heterocycles. The Morgan fingerprint density at radius 2 is 2.15 bits per heavy atom. The molecule has 5 heteroatoms. The summed E-state index contributed by atoms with van der Waals surface area (Å²) in [6.07, 6.45) is 3.72. The normalized spacial score (nSPS) is 22.8. The Morgan fingerprint density at radius 1 is 1.35 bits per heavy atom. The zero-order valence-corrected chi connectivity index (χ0v) is 13.2. The van der Waals surface area contributed by atoms with E-state index in [-0.39, 0.29) is 12.1 Å². The molecule has 0 spiro atoms. The third-order valence-electron chi connectivity index (χ3n) is 4.07. The van der Waals surface area contributed by atoms with Crippen LogP contribution in [0.5, 0.6) is 0 Å². The van der Waals surface area contributed by atoms with Gasteiger partial charge in [-0.15, -0.1) is 0 Å². The molecule has 2 N–H and O–H groups in total. The predicted molar refractivity (Wildman–Crippen MR) is 84.0 cm³/mol. The Kier molecular flexibility index (Phi) is 3.98. The number of hydrogen-bond acceptors (Lipinski definition) is 2. The second kappa shape index (κ2) is 5.74. The maximum Gasteiger partial charge on any atom is 0.319 e. The number of hydrogen-bond donors (Lipinski definition) is 2. The molecule has 4 nitrogen and oxygen atoms in total. The van der Waals surface area contributed by atoms with Crippen LogP contribution in [-0.4, -0.2) is 36.1 Å². The average Bonchev–Trinajstić information content (AvgIpc) is 3.15. The SMILES string of the molecule is Cc1ccc(Br)cc1NC(=O)N[C@@H]1CCN(C2CC2)C1. The highest BCUT2D eigenvalue weighted by atomic mass is 79.9. The average molecular weight is 338 g/mol. The largest absolute Gasteiger partial charge is 0.334 e. The van der Waals surface area contributed by atoms with Crippen molar-refractivity contribution < 1.29 is 4.79 Å². The van der Waals surface area contributed by atoms with Crippen molar-refractivity contribution in [2.75, 3.05) is 18.4 Å². The minimum absolute atomic E-state index is 0.103. The number of nitrogens with one attached hydrogen (secondary N) is 2. The summed E-state index contributed by atoms with van der Waals surface area (Å²) >= 11 is 3.43. The van der Waals surface area contributed by atoms with E-state index in [1.807, 2.05) is 25.1 Å². The van der Waals surface area contributed by atoms with E-state index in [2.05, 4.69) is 31.5 Å². The molecule has 20 heavy (non-hydrogen) atoms. The quantitative estimate of drug-likeness (QED) is 0.889. The van der Waals surface area contributed by atoms with E-state index >= 15 is 0 Å². The number of rotatable bonds is 3. The fourth-order valence-electron chi connectivity index (χ4n) is 2.75. The number of anilines is 1. The lowest BCUT2D eigenvalue weighted by Crippen LogP contribution is -2.40. The number of urea groups is 1. The number of benzene rings is 1. The van der Waals surface area contributed by atoms with Crippen LogP contribution in [0.15, 0.2) is 22.7 Å². The maximum absolute atomic E-state index is 12.1. The zero-order chi connectivity index (χ0) is 14.1. The molecule has 0 bridgehead atoms. The van der Waals surface area contributed by atoms with E-state index in [0.717, 1.165) is 41.3 Å². The van der Waals surface area contributed by atoms with Crippen LogP contribution in [0.4, 0.5) is 10.5 Å². The van der Waals surface area contributed by atoms with Crippen molar-refractivity contribution in [3.63, 3.8) is 0 Å². The van der Waals surface area contributed by atoms with Gasteiger partial charge >= 0.3 is 6.03 Å². The van der Waals surface area contributed by atoms with Gasteiger partial charge in [0.2, 0.25) is 0 Å². The van der Waals surface area contributed by atoms with Crippen molar-refractivity contribution in [2.45, 2.75) is 38.3 Å². The fraction of sp³-hybridized carbons (Fsp3) is 0.533. The minimum Gasteiger partial charge on any atom is -0.334 e. The van der Waals surface area contributed by atoms with Crippen LogP contribution in [0.25, 0.3) is 0 Å². The monoisotopic (exact) mass is 337 g/mol. The van der Waals surface area contributed by atoms with Crippen LogP contribution in [0.1, 0.15) is 24.8 Å². The van der Waals surface area contributed by atoms with Crippen molar-refractivity contribution in [3.05, 3.63) is 28.2 Å². The highest BCUT2D eigenvalue weighted by Crippen LogP contribution is 2.29. The molecule has 0 radical (unpaired) electrons. The highest BCUT2D eigenvalue weighted by Gasteiger charge is 2.34. The van der Waals surface area contributed by atoms with E-state index in [9.17, 15) is 4.79 Å². The molecule has 1 aliphatic heterocycles. The molecular formula is C15H20BrN3O. The lowest BCUT2D eigenvalue weighted by molar-refractivity contribution is 0.247. The number of likely N-dealkylation sites (tertiary alicyclic amines) is 1. The van der Waals surface area contributed by atoms with E-state index in [1.54, 1.807) is 0 Å². The van der Waals surface area contributed by atoms with Crippen LogP contribution in [0, 0.1) is 6.92 Å². The van der Waals surface area contributed by atoms with E-state index in [4.69, 9.17) is 0 Å². The summed E-state index contributed by atoms with van der Waals surface area (Å²) < 4.78 is 0.971. The van der Waals surface area contributed by atoms with Crippen LogP contribution in [0.3, 0.4) is 0 Å². The molecule has 3 rings (SSSR count). The number of halogens is 1. The molecule has 2 amide bonds. The summed E-state index contributed by atoms with van der Waals surface area (Å²) in [6, 6.07) is 6.86. The number of carbonyl (C=O) groups is 1. The number of aryl methyl sites for hydroxylation is 1. The van der Waals surface area contributed by atoms with Crippen LogP contribution >= 0.6 is 15.9 Å². The van der Waals surface area contributed by atoms with Crippen molar-refractivity contribution in [1.29, 1.82) is 0 Å². The van der Waals surface area contributed by atoms with Gasteiger partial charge < -0.3 is 10.6 Å². The van der Waals surface area contributed by atoms with Crippen molar-refractivity contribution in [1.82, 2.24) is 10.2 Å². The fourth-order valence-corrected chi connectivity index (χ4v) is 3.11. The van der Waals surface area contributed by atoms with Crippen molar-refractivity contribution in [3.8, 4) is 0 Å². The highest BCUT2D eigenvalue weighted by molar-refractivity contribution is 9.10. The molecule has 108 valence electrons. The van der Waals surface area contributed by atoms with Gasteiger partial charge in [0.05, 0.1) is 0 Å². The topological polar surface area (TPSA) is 44.4 Å². The minimum atomic E-state index is -0.103. The summed E-state index contributed by atoms with van der Waals surface area (Å²) in [5.74, 6) is 0. The summed E-state index contributed by atoms with van der Waals surface area (Å²) in [6.45, 7) is 4.10. The summed E-state index contributed by atoms with van der Waals surface area (Å²) in [5, 5.41) is 6.02. The van der Waals surface area contributed by atoms with E-state index in [0.29, 0.717) is 0 Å². The van der Waals surface area contributed by atoms with Gasteiger partial charge in [-0.25, -0.2) is 4.79 Å². The zero-order valence-electron chi connectivity index (χ0n) is 11.7. The number of carbonyl (C=O) groups excluding carboxylic acids is 1. The number of nitrogens with zero attached hydrogens (tertiary/aromatic N) is 1. The smallest absolute Gasteiger partial charge is 0.319 e. The summed E-state index contributed by atoms with van der Waals surface area (Å²) in [4.78, 5) is 14.6. The van der Waals surface area contributed by atoms with Crippen LogP contribution in [0.2, 0.25) is 0 Å². The van der Waals surface area contributed by atoms with Crippen LogP contribution < -0.4 is 10.6 Å². The Balaban J connectivity index is 1.53.